The predicted molar refractivity (Wildman–Crippen MR) is 143 cm³/mol. The standard InChI is InChI=1S/C25H31Cl2N3O5.ClH/c1-3-34-25(33)20(15-17-7-5-4-6-8-17)28-24(32)18-16-19(26)23(21(27)22(18)31)35-14-13-30-11-9-29(2)10-12-30;/h4-8,16,20,31H,3,9-15H2,1-2H3,(H,28,32);1H. The van der Waals surface area contributed by atoms with Gasteiger partial charge in [0.05, 0.1) is 17.2 Å². The van der Waals surface area contributed by atoms with Gasteiger partial charge in [0, 0.05) is 39.1 Å². The number of carbonyl (C=O) groups excluding carboxylic acids is 2. The number of ether oxygens (including phenoxy) is 2. The largest absolute Gasteiger partial charge is 0.505 e. The molecule has 1 amide bonds. The van der Waals surface area contributed by atoms with Crippen LogP contribution in [0.3, 0.4) is 0 Å². The van der Waals surface area contributed by atoms with Crippen LogP contribution in [0.4, 0.5) is 0 Å². The highest BCUT2D eigenvalue weighted by atomic mass is 35.5. The number of likely N-dealkylation sites (N-methyl/N-ethyl adjacent to an activating group) is 1. The number of benzene rings is 2. The van der Waals surface area contributed by atoms with Gasteiger partial charge >= 0.3 is 5.97 Å². The van der Waals surface area contributed by atoms with Crippen molar-refractivity contribution in [2.24, 2.45) is 0 Å². The summed E-state index contributed by atoms with van der Waals surface area (Å²) in [5, 5.41) is 13.2. The minimum atomic E-state index is -0.957. The second kappa shape index (κ2) is 14.5. The number of halogens is 3. The molecule has 1 atom stereocenters. The van der Waals surface area contributed by atoms with Gasteiger partial charge in [-0.05, 0) is 25.6 Å². The number of nitrogens with one attached hydrogen (secondary N) is 1. The quantitative estimate of drug-likeness (QED) is 0.429. The number of phenols is 1. The topological polar surface area (TPSA) is 91.3 Å². The van der Waals surface area contributed by atoms with Crippen LogP contribution >= 0.6 is 35.6 Å². The summed E-state index contributed by atoms with van der Waals surface area (Å²) >= 11 is 12.7. The summed E-state index contributed by atoms with van der Waals surface area (Å²) in [7, 11) is 2.09. The minimum absolute atomic E-state index is 0. The average molecular weight is 561 g/mol. The van der Waals surface area contributed by atoms with Gasteiger partial charge in [-0.3, -0.25) is 9.69 Å². The number of rotatable bonds is 10. The number of phenolic OH excluding ortho intramolecular Hbond substituents is 1. The maximum Gasteiger partial charge on any atom is 0.328 e. The number of amides is 1. The Morgan fingerprint density at radius 2 is 1.81 bits per heavy atom. The zero-order chi connectivity index (χ0) is 25.4. The first-order chi connectivity index (χ1) is 16.8. The van der Waals surface area contributed by atoms with Crippen molar-refractivity contribution in [2.45, 2.75) is 19.4 Å². The first-order valence-corrected chi connectivity index (χ1v) is 12.3. The second-order valence-corrected chi connectivity index (χ2v) is 9.14. The highest BCUT2D eigenvalue weighted by Gasteiger charge is 2.27. The third kappa shape index (κ3) is 8.15. The third-order valence-corrected chi connectivity index (χ3v) is 6.44. The molecule has 0 radical (unpaired) electrons. The molecule has 2 N–H and O–H groups in total. The van der Waals surface area contributed by atoms with Crippen molar-refractivity contribution in [1.29, 1.82) is 0 Å². The number of nitrogens with zero attached hydrogens (tertiary/aromatic N) is 2. The molecule has 2 aromatic rings. The summed E-state index contributed by atoms with van der Waals surface area (Å²) in [6.45, 7) is 6.73. The van der Waals surface area contributed by atoms with Gasteiger partial charge in [-0.25, -0.2) is 4.79 Å². The van der Waals surface area contributed by atoms with Crippen molar-refractivity contribution in [3.63, 3.8) is 0 Å². The Balaban J connectivity index is 0.00000456. The lowest BCUT2D eigenvalue weighted by molar-refractivity contribution is -0.145. The Morgan fingerprint density at radius 3 is 2.44 bits per heavy atom. The Bertz CT molecular complexity index is 1020. The van der Waals surface area contributed by atoms with Crippen molar-refractivity contribution in [1.82, 2.24) is 15.1 Å². The van der Waals surface area contributed by atoms with Gasteiger partial charge in [-0.2, -0.15) is 0 Å². The van der Waals surface area contributed by atoms with Gasteiger partial charge in [0.15, 0.2) is 11.5 Å². The molecule has 0 bridgehead atoms. The van der Waals surface area contributed by atoms with Crippen molar-refractivity contribution in [2.75, 3.05) is 53.0 Å². The first-order valence-electron chi connectivity index (χ1n) is 11.6. The number of carbonyl (C=O) groups is 2. The molecule has 1 aliphatic rings. The highest BCUT2D eigenvalue weighted by molar-refractivity contribution is 6.39. The smallest absolute Gasteiger partial charge is 0.328 e. The van der Waals surface area contributed by atoms with Crippen LogP contribution in [0.5, 0.6) is 11.5 Å². The van der Waals surface area contributed by atoms with E-state index in [4.69, 9.17) is 32.7 Å². The minimum Gasteiger partial charge on any atom is -0.505 e. The fraction of sp³-hybridized carbons (Fsp3) is 0.440. The normalized spacial score (nSPS) is 15.0. The van der Waals surface area contributed by atoms with Crippen molar-refractivity contribution in [3.8, 4) is 11.5 Å². The molecule has 1 saturated heterocycles. The summed E-state index contributed by atoms with van der Waals surface area (Å²) in [5.74, 6) is -1.64. The fourth-order valence-corrected chi connectivity index (χ4v) is 4.33. The molecule has 1 heterocycles. The van der Waals surface area contributed by atoms with Gasteiger partial charge in [-0.1, -0.05) is 53.5 Å². The van der Waals surface area contributed by atoms with E-state index in [0.717, 1.165) is 31.7 Å². The van der Waals surface area contributed by atoms with Crippen LogP contribution in [0.1, 0.15) is 22.8 Å². The average Bonchev–Trinajstić information content (AvgIpc) is 2.85. The van der Waals surface area contributed by atoms with E-state index in [1.807, 2.05) is 30.3 Å². The maximum atomic E-state index is 13.0. The summed E-state index contributed by atoms with van der Waals surface area (Å²) in [4.78, 5) is 30.0. The molecule has 0 saturated carbocycles. The van der Waals surface area contributed by atoms with Gasteiger partial charge in [0.25, 0.3) is 5.91 Å². The summed E-state index contributed by atoms with van der Waals surface area (Å²) in [5.41, 5.74) is 0.684. The molecular weight excluding hydrogens is 529 g/mol. The third-order valence-electron chi connectivity index (χ3n) is 5.80. The molecule has 36 heavy (non-hydrogen) atoms. The number of piperazine rings is 1. The van der Waals surface area contributed by atoms with Crippen LogP contribution < -0.4 is 10.1 Å². The Morgan fingerprint density at radius 1 is 1.14 bits per heavy atom. The zero-order valence-electron chi connectivity index (χ0n) is 20.3. The molecule has 1 fully saturated rings. The lowest BCUT2D eigenvalue weighted by Gasteiger charge is -2.32. The molecule has 8 nitrogen and oxygen atoms in total. The van der Waals surface area contributed by atoms with Crippen LogP contribution in [0, 0.1) is 0 Å². The molecule has 2 aromatic carbocycles. The van der Waals surface area contributed by atoms with Crippen LogP contribution in [0.15, 0.2) is 36.4 Å². The molecule has 0 aliphatic carbocycles. The van der Waals surface area contributed by atoms with Crippen LogP contribution in [-0.2, 0) is 16.0 Å². The van der Waals surface area contributed by atoms with E-state index in [-0.39, 0.29) is 46.8 Å². The SMILES string of the molecule is CCOC(=O)C(Cc1ccccc1)NC(=O)c1cc(Cl)c(OCCN2CCN(C)CC2)c(Cl)c1O.Cl. The highest BCUT2D eigenvalue weighted by Crippen LogP contribution is 2.42. The summed E-state index contributed by atoms with van der Waals surface area (Å²) in [6, 6.07) is 9.56. The van der Waals surface area contributed by atoms with Crippen molar-refractivity contribution < 1.29 is 24.2 Å². The van der Waals surface area contributed by atoms with Gasteiger partial charge in [0.1, 0.15) is 17.7 Å². The van der Waals surface area contributed by atoms with Crippen LogP contribution in [-0.4, -0.2) is 85.8 Å². The van der Waals surface area contributed by atoms with E-state index in [2.05, 4.69) is 22.2 Å². The number of hydrogen-bond donors (Lipinski definition) is 2. The summed E-state index contributed by atoms with van der Waals surface area (Å²) < 4.78 is 10.9. The number of esters is 1. The monoisotopic (exact) mass is 559 g/mol. The van der Waals surface area contributed by atoms with Crippen molar-refractivity contribution >= 4 is 47.5 Å². The Labute approximate surface area is 227 Å². The lowest BCUT2D eigenvalue weighted by atomic mass is 10.1. The molecule has 198 valence electrons. The van der Waals surface area contributed by atoms with E-state index in [1.54, 1.807) is 6.92 Å². The summed E-state index contributed by atoms with van der Waals surface area (Å²) in [6.07, 6.45) is 0.223. The fourth-order valence-electron chi connectivity index (χ4n) is 3.77. The predicted octanol–water partition coefficient (Wildman–Crippen LogP) is 3.65. The number of hydrogen-bond acceptors (Lipinski definition) is 7. The maximum absolute atomic E-state index is 13.0. The van der Waals surface area contributed by atoms with E-state index < -0.39 is 23.7 Å². The van der Waals surface area contributed by atoms with E-state index >= 15 is 0 Å². The molecule has 11 heteroatoms. The molecule has 1 aliphatic heterocycles. The lowest BCUT2D eigenvalue weighted by Crippen LogP contribution is -2.45. The van der Waals surface area contributed by atoms with Crippen LogP contribution in [0.2, 0.25) is 10.0 Å². The van der Waals surface area contributed by atoms with Crippen molar-refractivity contribution in [3.05, 3.63) is 57.6 Å². The van der Waals surface area contributed by atoms with Gasteiger partial charge < -0.3 is 24.8 Å². The molecule has 1 unspecified atom stereocenters. The van der Waals surface area contributed by atoms with Crippen LogP contribution in [0.25, 0.3) is 0 Å². The number of aromatic hydroxyl groups is 1. The Hall–Kier alpha value is -2.23. The van der Waals surface area contributed by atoms with E-state index in [9.17, 15) is 14.7 Å². The molecule has 0 aromatic heterocycles. The molecular formula is C25H32Cl3N3O5. The van der Waals surface area contributed by atoms with Gasteiger partial charge in [-0.15, -0.1) is 12.4 Å². The molecule has 0 spiro atoms. The zero-order valence-corrected chi connectivity index (χ0v) is 22.7. The molecule has 3 rings (SSSR count). The Kier molecular flexibility index (Phi) is 12.1. The first kappa shape index (κ1) is 30.0. The van der Waals surface area contributed by atoms with Gasteiger partial charge in [0.2, 0.25) is 0 Å². The van der Waals surface area contributed by atoms with E-state index in [0.29, 0.717) is 13.2 Å². The van der Waals surface area contributed by atoms with E-state index in [1.165, 1.54) is 6.07 Å². The second-order valence-electron chi connectivity index (χ2n) is 8.36.